The summed E-state index contributed by atoms with van der Waals surface area (Å²) in [7, 11) is 0. The first-order valence-electron chi connectivity index (χ1n) is 9.21. The number of nitrogens with one attached hydrogen (secondary N) is 1. The van der Waals surface area contributed by atoms with Crippen LogP contribution in [-0.4, -0.2) is 41.3 Å². The predicted molar refractivity (Wildman–Crippen MR) is 103 cm³/mol. The van der Waals surface area contributed by atoms with Gasteiger partial charge in [0.1, 0.15) is 11.6 Å². The zero-order valence-corrected chi connectivity index (χ0v) is 15.2. The van der Waals surface area contributed by atoms with E-state index in [1.807, 2.05) is 24.4 Å². The molecule has 2 saturated heterocycles. The topological polar surface area (TPSA) is 54.0 Å². The average Bonchev–Trinajstić information content (AvgIpc) is 3.04. The number of nitrogens with zero attached hydrogens (tertiary/aromatic N) is 3. The summed E-state index contributed by atoms with van der Waals surface area (Å²) >= 11 is 6.07. The van der Waals surface area contributed by atoms with E-state index in [9.17, 15) is 0 Å². The second-order valence-corrected chi connectivity index (χ2v) is 7.62. The molecule has 0 aliphatic carbocycles. The van der Waals surface area contributed by atoms with Crippen molar-refractivity contribution in [2.45, 2.75) is 24.7 Å². The van der Waals surface area contributed by atoms with Gasteiger partial charge in [-0.05, 0) is 48.6 Å². The lowest BCUT2D eigenvalue weighted by atomic mass is 9.90. The van der Waals surface area contributed by atoms with Gasteiger partial charge in [0.25, 0.3) is 0 Å². The Morgan fingerprint density at radius 1 is 1.12 bits per heavy atom. The Bertz CT molecular complexity index is 928. The fourth-order valence-corrected chi connectivity index (χ4v) is 4.18. The largest absolute Gasteiger partial charge is 0.381 e. The first-order valence-corrected chi connectivity index (χ1v) is 9.58. The van der Waals surface area contributed by atoms with Crippen LogP contribution in [0, 0.1) is 0 Å². The highest BCUT2D eigenvalue weighted by Gasteiger charge is 2.33. The van der Waals surface area contributed by atoms with Gasteiger partial charge in [0.05, 0.1) is 17.0 Å². The van der Waals surface area contributed by atoms with Crippen molar-refractivity contribution in [2.24, 2.45) is 0 Å². The lowest BCUT2D eigenvalue weighted by Gasteiger charge is -2.41. The number of hydrogen-bond donors (Lipinski definition) is 1. The van der Waals surface area contributed by atoms with E-state index in [2.05, 4.69) is 22.0 Å². The molecule has 134 valence electrons. The molecule has 26 heavy (non-hydrogen) atoms. The second kappa shape index (κ2) is 6.56. The van der Waals surface area contributed by atoms with Gasteiger partial charge in [-0.2, -0.15) is 0 Å². The van der Waals surface area contributed by atoms with Gasteiger partial charge in [0.2, 0.25) is 0 Å². The molecule has 0 unspecified atom stereocenters. The van der Waals surface area contributed by atoms with Gasteiger partial charge >= 0.3 is 0 Å². The van der Waals surface area contributed by atoms with Crippen LogP contribution in [0.2, 0.25) is 5.02 Å². The van der Waals surface area contributed by atoms with Gasteiger partial charge in [-0.25, -0.2) is 9.97 Å². The minimum atomic E-state index is 0.408. The summed E-state index contributed by atoms with van der Waals surface area (Å²) in [6.07, 6.45) is 4.06. The lowest BCUT2D eigenvalue weighted by Crippen LogP contribution is -2.46. The number of aromatic nitrogens is 3. The highest BCUT2D eigenvalue weighted by molar-refractivity contribution is 6.31. The molecule has 0 spiro atoms. The Hall–Kier alpha value is -2.11. The van der Waals surface area contributed by atoms with Crippen LogP contribution < -0.4 is 4.90 Å². The van der Waals surface area contributed by atoms with Gasteiger partial charge in [0.15, 0.2) is 0 Å². The molecule has 2 fully saturated rings. The molecule has 5 rings (SSSR count). The average molecular weight is 369 g/mol. The van der Waals surface area contributed by atoms with Gasteiger partial charge in [-0.3, -0.25) is 0 Å². The molecule has 4 heterocycles. The third kappa shape index (κ3) is 2.85. The zero-order chi connectivity index (χ0) is 17.5. The molecule has 3 aromatic rings. The van der Waals surface area contributed by atoms with Crippen LogP contribution in [0.1, 0.15) is 36.1 Å². The molecule has 6 heteroatoms. The van der Waals surface area contributed by atoms with Crippen molar-refractivity contribution < 1.29 is 4.74 Å². The summed E-state index contributed by atoms with van der Waals surface area (Å²) in [4.78, 5) is 15.2. The minimum Gasteiger partial charge on any atom is -0.381 e. The van der Waals surface area contributed by atoms with E-state index in [4.69, 9.17) is 26.3 Å². The molecular weight excluding hydrogens is 348 g/mol. The van der Waals surface area contributed by atoms with E-state index < -0.39 is 0 Å². The summed E-state index contributed by atoms with van der Waals surface area (Å²) in [6.45, 7) is 3.59. The van der Waals surface area contributed by atoms with E-state index in [0.29, 0.717) is 11.8 Å². The maximum atomic E-state index is 6.07. The summed E-state index contributed by atoms with van der Waals surface area (Å²) in [5, 5.41) is 0.723. The Balaban J connectivity index is 1.35. The molecule has 5 nitrogen and oxygen atoms in total. The fraction of sp³-hybridized carbons (Fsp3) is 0.400. The Kier molecular flexibility index (Phi) is 4.06. The van der Waals surface area contributed by atoms with E-state index in [1.165, 1.54) is 5.56 Å². The molecule has 0 bridgehead atoms. The molecule has 0 amide bonds. The van der Waals surface area contributed by atoms with Gasteiger partial charge in [0, 0.05) is 37.5 Å². The van der Waals surface area contributed by atoms with Crippen LogP contribution >= 0.6 is 11.6 Å². The number of benzene rings is 1. The van der Waals surface area contributed by atoms with Crippen LogP contribution in [0.5, 0.6) is 0 Å². The van der Waals surface area contributed by atoms with Crippen LogP contribution in [0.15, 0.2) is 36.5 Å². The van der Waals surface area contributed by atoms with Crippen molar-refractivity contribution in [3.8, 4) is 0 Å². The highest BCUT2D eigenvalue weighted by atomic mass is 35.5. The van der Waals surface area contributed by atoms with Crippen molar-refractivity contribution in [2.75, 3.05) is 31.2 Å². The van der Waals surface area contributed by atoms with Gasteiger partial charge in [-0.15, -0.1) is 0 Å². The summed E-state index contributed by atoms with van der Waals surface area (Å²) in [6, 6.07) is 10.1. The number of halogens is 1. The van der Waals surface area contributed by atoms with Crippen molar-refractivity contribution in [3.05, 3.63) is 52.9 Å². The smallest absolute Gasteiger partial charge is 0.132 e. The van der Waals surface area contributed by atoms with Crippen molar-refractivity contribution in [1.82, 2.24) is 15.0 Å². The van der Waals surface area contributed by atoms with Crippen LogP contribution in [-0.2, 0) is 4.74 Å². The molecular formula is C20H21ClN4O. The molecule has 1 N–H and O–H groups in total. The molecule has 2 aromatic heterocycles. The SMILES string of the molecule is Clc1ccc2[nH]c(C3CN(c4ncccc4C4CCOCC4)C3)nc2c1. The standard InChI is InChI=1S/C20H21ClN4O/c21-15-3-4-17-18(10-15)24-19(23-17)14-11-25(12-14)20-16(2-1-7-22-20)13-5-8-26-9-6-13/h1-4,7,10,13-14H,5-6,8-9,11-12H2,(H,23,24). The summed E-state index contributed by atoms with van der Waals surface area (Å²) in [5.41, 5.74) is 3.35. The number of imidazole rings is 1. The van der Waals surface area contributed by atoms with Crippen molar-refractivity contribution >= 4 is 28.5 Å². The maximum Gasteiger partial charge on any atom is 0.132 e. The second-order valence-electron chi connectivity index (χ2n) is 7.19. The number of aromatic amines is 1. The Morgan fingerprint density at radius 3 is 2.81 bits per heavy atom. The van der Waals surface area contributed by atoms with Crippen LogP contribution in [0.4, 0.5) is 5.82 Å². The Labute approximate surface area is 157 Å². The van der Waals surface area contributed by atoms with Crippen LogP contribution in [0.25, 0.3) is 11.0 Å². The minimum absolute atomic E-state index is 0.408. The van der Waals surface area contributed by atoms with Gasteiger partial charge in [-0.1, -0.05) is 17.7 Å². The lowest BCUT2D eigenvalue weighted by molar-refractivity contribution is 0.0853. The summed E-state index contributed by atoms with van der Waals surface area (Å²) < 4.78 is 5.52. The fourth-order valence-electron chi connectivity index (χ4n) is 4.02. The molecule has 0 saturated carbocycles. The number of ether oxygens (including phenoxy) is 1. The first-order chi connectivity index (χ1) is 12.8. The normalized spacial score (nSPS) is 19.0. The first kappa shape index (κ1) is 16.1. The molecule has 2 aliphatic heterocycles. The van der Waals surface area contributed by atoms with Crippen LogP contribution in [0.3, 0.4) is 0 Å². The third-order valence-corrected chi connectivity index (χ3v) is 5.74. The van der Waals surface area contributed by atoms with E-state index in [0.717, 1.165) is 66.8 Å². The molecule has 0 atom stereocenters. The molecule has 0 radical (unpaired) electrons. The van der Waals surface area contributed by atoms with E-state index in [-0.39, 0.29) is 0 Å². The number of H-pyrrole nitrogens is 1. The number of rotatable bonds is 3. The Morgan fingerprint density at radius 2 is 1.96 bits per heavy atom. The number of anilines is 1. The zero-order valence-electron chi connectivity index (χ0n) is 14.5. The maximum absolute atomic E-state index is 6.07. The monoisotopic (exact) mass is 368 g/mol. The third-order valence-electron chi connectivity index (χ3n) is 5.51. The summed E-state index contributed by atoms with van der Waals surface area (Å²) in [5.74, 6) is 3.14. The van der Waals surface area contributed by atoms with Gasteiger partial charge < -0.3 is 14.6 Å². The number of hydrogen-bond acceptors (Lipinski definition) is 4. The quantitative estimate of drug-likeness (QED) is 0.755. The van der Waals surface area contributed by atoms with Crippen molar-refractivity contribution in [3.63, 3.8) is 0 Å². The molecule has 1 aromatic carbocycles. The molecule has 2 aliphatic rings. The highest BCUT2D eigenvalue weighted by Crippen LogP contribution is 2.37. The predicted octanol–water partition coefficient (Wildman–Crippen LogP) is 4.11. The van der Waals surface area contributed by atoms with E-state index >= 15 is 0 Å². The number of pyridine rings is 1. The van der Waals surface area contributed by atoms with Crippen molar-refractivity contribution in [1.29, 1.82) is 0 Å². The van der Waals surface area contributed by atoms with E-state index in [1.54, 1.807) is 0 Å². The number of fused-ring (bicyclic) bond motifs is 1.